The summed E-state index contributed by atoms with van der Waals surface area (Å²) in [6.45, 7) is 5.28. The van der Waals surface area contributed by atoms with E-state index in [2.05, 4.69) is 4.98 Å². The van der Waals surface area contributed by atoms with Gasteiger partial charge in [0.05, 0.1) is 30.4 Å². The first kappa shape index (κ1) is 18.8. The van der Waals surface area contributed by atoms with Crippen LogP contribution in [-0.2, 0) is 4.74 Å². The Balaban J connectivity index is 1.90. The summed E-state index contributed by atoms with van der Waals surface area (Å²) in [6, 6.07) is 9.43. The average molecular weight is 358 g/mol. The van der Waals surface area contributed by atoms with E-state index in [4.69, 9.17) is 4.74 Å². The monoisotopic (exact) mass is 358 g/mol. The lowest BCUT2D eigenvalue weighted by Crippen LogP contribution is -2.49. The highest BCUT2D eigenvalue weighted by atomic mass is 16.5. The molecule has 1 aromatic carbocycles. The molecule has 1 aromatic heterocycles. The van der Waals surface area contributed by atoms with E-state index in [0.717, 1.165) is 23.0 Å². The zero-order valence-electron chi connectivity index (χ0n) is 15.3. The number of rotatable bonds is 5. The molecule has 2 heterocycles. The molecule has 0 saturated carbocycles. The maximum atomic E-state index is 13.3. The number of aromatic nitrogens is 1. The van der Waals surface area contributed by atoms with Crippen molar-refractivity contribution in [3.05, 3.63) is 41.6 Å². The number of carbonyl (C=O) groups is 1. The lowest BCUT2D eigenvalue weighted by Gasteiger charge is -2.35. The molecular weight excluding hydrogens is 332 g/mol. The van der Waals surface area contributed by atoms with Gasteiger partial charge in [0.15, 0.2) is 0 Å². The summed E-state index contributed by atoms with van der Waals surface area (Å²) in [7, 11) is 0. The van der Waals surface area contributed by atoms with Crippen molar-refractivity contribution < 1.29 is 19.7 Å². The van der Waals surface area contributed by atoms with Gasteiger partial charge in [0, 0.05) is 30.1 Å². The topological polar surface area (TPSA) is 82.9 Å². The van der Waals surface area contributed by atoms with Gasteiger partial charge >= 0.3 is 0 Å². The predicted octanol–water partition coefficient (Wildman–Crippen LogP) is 1.76. The molecule has 140 valence electrons. The lowest BCUT2D eigenvalue weighted by atomic mass is 9.95. The second kappa shape index (κ2) is 8.12. The Hall–Kier alpha value is -2.02. The molecule has 26 heavy (non-hydrogen) atoms. The number of fused-ring (bicyclic) bond motifs is 1. The Labute approximate surface area is 153 Å². The Bertz CT molecular complexity index is 779. The number of aliphatic hydroxyl groups is 2. The fourth-order valence-electron chi connectivity index (χ4n) is 3.50. The third kappa shape index (κ3) is 3.87. The minimum Gasteiger partial charge on any atom is -0.390 e. The molecular formula is C20H26N2O4. The van der Waals surface area contributed by atoms with Crippen LogP contribution >= 0.6 is 0 Å². The van der Waals surface area contributed by atoms with Crippen molar-refractivity contribution in [1.82, 2.24) is 9.88 Å². The van der Waals surface area contributed by atoms with Crippen LogP contribution < -0.4 is 0 Å². The van der Waals surface area contributed by atoms with Crippen molar-refractivity contribution in [2.45, 2.75) is 32.5 Å². The number of hydrogen-bond donors (Lipinski definition) is 2. The van der Waals surface area contributed by atoms with Crippen LogP contribution in [0, 0.1) is 12.8 Å². The molecule has 0 spiro atoms. The summed E-state index contributed by atoms with van der Waals surface area (Å²) in [5, 5.41) is 20.9. The number of benzene rings is 1. The first-order valence-corrected chi connectivity index (χ1v) is 9.10. The van der Waals surface area contributed by atoms with Crippen LogP contribution in [0.15, 0.2) is 30.3 Å². The highest BCUT2D eigenvalue weighted by Crippen LogP contribution is 2.22. The average Bonchev–Trinajstić information content (AvgIpc) is 2.63. The zero-order chi connectivity index (χ0) is 18.7. The molecule has 0 bridgehead atoms. The summed E-state index contributed by atoms with van der Waals surface area (Å²) >= 11 is 0. The Morgan fingerprint density at radius 3 is 2.85 bits per heavy atom. The van der Waals surface area contributed by atoms with Gasteiger partial charge in [-0.3, -0.25) is 9.78 Å². The number of hydrogen-bond acceptors (Lipinski definition) is 5. The van der Waals surface area contributed by atoms with E-state index >= 15 is 0 Å². The standard InChI is InChI=1S/C20H26N2O4/c1-3-8-22(10-14-11-26-12-18(23)19(14)24)20(25)16-9-13(2)21-17-7-5-4-6-15(16)17/h4-7,9,14,18-19,23-24H,3,8,10-12H2,1-2H3/t14-,18-,19+/m1/s1. The number of carbonyl (C=O) groups excluding carboxylic acids is 1. The molecule has 1 fully saturated rings. The molecule has 6 nitrogen and oxygen atoms in total. The van der Waals surface area contributed by atoms with Crippen molar-refractivity contribution >= 4 is 16.8 Å². The minimum atomic E-state index is -0.906. The van der Waals surface area contributed by atoms with Crippen molar-refractivity contribution in [2.75, 3.05) is 26.3 Å². The second-order valence-electron chi connectivity index (χ2n) is 6.93. The van der Waals surface area contributed by atoms with E-state index in [-0.39, 0.29) is 18.4 Å². The van der Waals surface area contributed by atoms with Gasteiger partial charge in [-0.25, -0.2) is 0 Å². The number of nitrogens with zero attached hydrogens (tertiary/aromatic N) is 2. The zero-order valence-corrected chi connectivity index (χ0v) is 15.3. The van der Waals surface area contributed by atoms with Crippen LogP contribution in [0.4, 0.5) is 0 Å². The summed E-state index contributed by atoms with van der Waals surface area (Å²) < 4.78 is 5.36. The molecule has 0 radical (unpaired) electrons. The van der Waals surface area contributed by atoms with Gasteiger partial charge in [-0.1, -0.05) is 25.1 Å². The largest absolute Gasteiger partial charge is 0.390 e. The first-order valence-electron chi connectivity index (χ1n) is 9.10. The van der Waals surface area contributed by atoms with Crippen molar-refractivity contribution in [3.63, 3.8) is 0 Å². The normalized spacial score (nSPS) is 23.2. The Kier molecular flexibility index (Phi) is 5.86. The molecule has 1 saturated heterocycles. The van der Waals surface area contributed by atoms with Crippen molar-refractivity contribution in [2.24, 2.45) is 5.92 Å². The van der Waals surface area contributed by atoms with Crippen LogP contribution in [-0.4, -0.2) is 64.5 Å². The second-order valence-corrected chi connectivity index (χ2v) is 6.93. The van der Waals surface area contributed by atoms with Crippen LogP contribution in [0.5, 0.6) is 0 Å². The fourth-order valence-corrected chi connectivity index (χ4v) is 3.50. The van der Waals surface area contributed by atoms with E-state index in [1.807, 2.05) is 44.2 Å². The smallest absolute Gasteiger partial charge is 0.254 e. The Morgan fingerprint density at radius 2 is 2.08 bits per heavy atom. The SMILES string of the molecule is CCCN(C[C@@H]1COC[C@@H](O)[C@H]1O)C(=O)c1cc(C)nc2ccccc12. The number of para-hydroxylation sites is 1. The van der Waals surface area contributed by atoms with Gasteiger partial charge < -0.3 is 19.8 Å². The van der Waals surface area contributed by atoms with Gasteiger partial charge in [-0.05, 0) is 25.5 Å². The molecule has 1 amide bonds. The molecule has 3 rings (SSSR count). The van der Waals surface area contributed by atoms with E-state index in [0.29, 0.717) is 25.3 Å². The first-order chi connectivity index (χ1) is 12.5. The highest BCUT2D eigenvalue weighted by molar-refractivity contribution is 6.06. The summed E-state index contributed by atoms with van der Waals surface area (Å²) in [5.41, 5.74) is 2.21. The van der Waals surface area contributed by atoms with E-state index < -0.39 is 12.2 Å². The van der Waals surface area contributed by atoms with Crippen LogP contribution in [0.2, 0.25) is 0 Å². The third-order valence-electron chi connectivity index (χ3n) is 4.81. The number of amides is 1. The molecule has 0 aliphatic carbocycles. The van der Waals surface area contributed by atoms with Gasteiger partial charge in [0.1, 0.15) is 6.10 Å². The van der Waals surface area contributed by atoms with E-state index in [9.17, 15) is 15.0 Å². The van der Waals surface area contributed by atoms with Gasteiger partial charge in [0.2, 0.25) is 0 Å². The van der Waals surface area contributed by atoms with E-state index in [1.54, 1.807) is 4.90 Å². The fraction of sp³-hybridized carbons (Fsp3) is 0.500. The number of ether oxygens (including phenoxy) is 1. The number of pyridine rings is 1. The highest BCUT2D eigenvalue weighted by Gasteiger charge is 2.33. The number of aliphatic hydroxyl groups excluding tert-OH is 2. The van der Waals surface area contributed by atoms with Crippen LogP contribution in [0.1, 0.15) is 29.4 Å². The van der Waals surface area contributed by atoms with Crippen molar-refractivity contribution in [1.29, 1.82) is 0 Å². The molecule has 2 aromatic rings. The Morgan fingerprint density at radius 1 is 1.31 bits per heavy atom. The quantitative estimate of drug-likeness (QED) is 0.851. The third-order valence-corrected chi connectivity index (χ3v) is 4.81. The summed E-state index contributed by atoms with van der Waals surface area (Å²) in [5.74, 6) is -0.385. The molecule has 0 unspecified atom stereocenters. The molecule has 1 aliphatic heterocycles. The summed E-state index contributed by atoms with van der Waals surface area (Å²) in [6.07, 6.45) is -0.983. The van der Waals surface area contributed by atoms with E-state index in [1.165, 1.54) is 0 Å². The molecule has 3 atom stereocenters. The molecule has 2 N–H and O–H groups in total. The lowest BCUT2D eigenvalue weighted by molar-refractivity contribution is -0.124. The predicted molar refractivity (Wildman–Crippen MR) is 99.0 cm³/mol. The molecule has 1 aliphatic rings. The van der Waals surface area contributed by atoms with Crippen LogP contribution in [0.3, 0.4) is 0 Å². The minimum absolute atomic E-state index is 0.0826. The van der Waals surface area contributed by atoms with Crippen molar-refractivity contribution in [3.8, 4) is 0 Å². The maximum absolute atomic E-state index is 13.3. The van der Waals surface area contributed by atoms with Crippen LogP contribution in [0.25, 0.3) is 10.9 Å². The van der Waals surface area contributed by atoms with Gasteiger partial charge in [-0.2, -0.15) is 0 Å². The summed E-state index contributed by atoms with van der Waals surface area (Å²) in [4.78, 5) is 19.5. The number of aryl methyl sites for hydroxylation is 1. The van der Waals surface area contributed by atoms with Gasteiger partial charge in [-0.15, -0.1) is 0 Å². The molecule has 6 heteroatoms. The van der Waals surface area contributed by atoms with Gasteiger partial charge in [0.25, 0.3) is 5.91 Å². The maximum Gasteiger partial charge on any atom is 0.254 e.